The van der Waals surface area contributed by atoms with Crippen LogP contribution in [0.25, 0.3) is 0 Å². The van der Waals surface area contributed by atoms with Crippen LogP contribution in [0, 0.1) is 0 Å². The van der Waals surface area contributed by atoms with Crippen molar-refractivity contribution in [3.05, 3.63) is 0 Å². The fraction of sp³-hybridized carbons (Fsp3) is 0.857. The first-order chi connectivity index (χ1) is 5.81. The molecule has 0 saturated heterocycles. The molecule has 0 unspecified atom stereocenters. The van der Waals surface area contributed by atoms with E-state index >= 15 is 0 Å². The summed E-state index contributed by atoms with van der Waals surface area (Å²) in [4.78, 5) is 10.9. The lowest BCUT2D eigenvalue weighted by Gasteiger charge is -2.02. The number of esters is 1. The first-order valence-electron chi connectivity index (χ1n) is 3.95. The van der Waals surface area contributed by atoms with E-state index < -0.39 is 0 Å². The number of carbonyl (C=O) groups excluding carboxylic acids is 1. The minimum absolute atomic E-state index is 0. The summed E-state index contributed by atoms with van der Waals surface area (Å²) in [5.41, 5.74) is 5.23. The second kappa shape index (κ2) is 15.8. The maximum absolute atomic E-state index is 10.9. The molecule has 0 saturated carbocycles. The van der Waals surface area contributed by atoms with Crippen molar-refractivity contribution in [1.82, 2.24) is 4.72 Å². The first kappa shape index (κ1) is 19.8. The minimum atomic E-state index is -0.147. The SMILES string of the molecule is CNSCCC(=O)OCCCN.Cl.Cl. The summed E-state index contributed by atoms with van der Waals surface area (Å²) in [6.45, 7) is 1.01. The third-order valence-electron chi connectivity index (χ3n) is 1.16. The monoisotopic (exact) mass is 264 g/mol. The van der Waals surface area contributed by atoms with Gasteiger partial charge in [-0.1, -0.05) is 11.9 Å². The molecule has 0 bridgehead atoms. The highest BCUT2D eigenvalue weighted by Gasteiger charge is 2.00. The number of rotatable bonds is 7. The molecular weight excluding hydrogens is 247 g/mol. The van der Waals surface area contributed by atoms with Crippen molar-refractivity contribution in [3.8, 4) is 0 Å². The molecule has 14 heavy (non-hydrogen) atoms. The molecule has 0 aromatic carbocycles. The summed E-state index contributed by atoms with van der Waals surface area (Å²) < 4.78 is 7.75. The van der Waals surface area contributed by atoms with E-state index in [2.05, 4.69) is 4.72 Å². The highest BCUT2D eigenvalue weighted by atomic mass is 35.5. The summed E-state index contributed by atoms with van der Waals surface area (Å²) in [5.74, 6) is 0.601. The zero-order valence-electron chi connectivity index (χ0n) is 8.15. The summed E-state index contributed by atoms with van der Waals surface area (Å²) in [7, 11) is 1.82. The average Bonchev–Trinajstić information content (AvgIpc) is 2.06. The smallest absolute Gasteiger partial charge is 0.306 e. The first-order valence-corrected chi connectivity index (χ1v) is 4.94. The fourth-order valence-corrected chi connectivity index (χ4v) is 1.05. The second-order valence-electron chi connectivity index (χ2n) is 2.17. The Morgan fingerprint density at radius 1 is 1.50 bits per heavy atom. The van der Waals surface area contributed by atoms with Gasteiger partial charge in [-0.25, -0.2) is 0 Å². The lowest BCUT2D eigenvalue weighted by Crippen LogP contribution is -2.11. The van der Waals surface area contributed by atoms with E-state index in [1.807, 2.05) is 7.05 Å². The van der Waals surface area contributed by atoms with Crippen molar-refractivity contribution < 1.29 is 9.53 Å². The van der Waals surface area contributed by atoms with Gasteiger partial charge in [0.1, 0.15) is 0 Å². The van der Waals surface area contributed by atoms with Crippen LogP contribution in [0.2, 0.25) is 0 Å². The van der Waals surface area contributed by atoms with Crippen LogP contribution in [-0.4, -0.2) is 31.9 Å². The zero-order chi connectivity index (χ0) is 9.23. The molecule has 7 heteroatoms. The van der Waals surface area contributed by atoms with E-state index in [4.69, 9.17) is 10.5 Å². The molecule has 0 fully saturated rings. The Bertz CT molecular complexity index is 118. The maximum atomic E-state index is 10.9. The van der Waals surface area contributed by atoms with Crippen LogP contribution in [-0.2, 0) is 9.53 Å². The van der Waals surface area contributed by atoms with Gasteiger partial charge in [-0.05, 0) is 20.0 Å². The van der Waals surface area contributed by atoms with Gasteiger partial charge in [0.25, 0.3) is 0 Å². The van der Waals surface area contributed by atoms with Crippen molar-refractivity contribution in [2.24, 2.45) is 5.73 Å². The molecule has 4 nitrogen and oxygen atoms in total. The van der Waals surface area contributed by atoms with E-state index in [1.54, 1.807) is 0 Å². The molecule has 0 aliphatic heterocycles. The molecule has 0 aliphatic carbocycles. The zero-order valence-corrected chi connectivity index (χ0v) is 10.6. The van der Waals surface area contributed by atoms with Crippen molar-refractivity contribution in [2.45, 2.75) is 12.8 Å². The molecule has 3 N–H and O–H groups in total. The molecule has 0 aliphatic rings. The standard InChI is InChI=1S/C7H16N2O2S.2ClH/c1-9-12-6-3-7(10)11-5-2-4-8;;/h9H,2-6,8H2,1H3;2*1H. The van der Waals surface area contributed by atoms with E-state index in [1.165, 1.54) is 11.9 Å². The number of ether oxygens (including phenoxy) is 1. The quantitative estimate of drug-likeness (QED) is 0.408. The maximum Gasteiger partial charge on any atom is 0.306 e. The van der Waals surface area contributed by atoms with Gasteiger partial charge in [-0.15, -0.1) is 24.8 Å². The molecular formula is C7H18Cl2N2O2S. The number of carbonyl (C=O) groups is 1. The fourth-order valence-electron chi connectivity index (χ4n) is 0.578. The highest BCUT2D eigenvalue weighted by molar-refractivity contribution is 7.97. The third kappa shape index (κ3) is 14.8. The Morgan fingerprint density at radius 2 is 2.14 bits per heavy atom. The summed E-state index contributed by atoms with van der Waals surface area (Å²) >= 11 is 1.50. The van der Waals surface area contributed by atoms with Crippen molar-refractivity contribution in [1.29, 1.82) is 0 Å². The van der Waals surface area contributed by atoms with Crippen LogP contribution in [0.15, 0.2) is 0 Å². The van der Waals surface area contributed by atoms with Crippen LogP contribution < -0.4 is 10.5 Å². The van der Waals surface area contributed by atoms with E-state index in [9.17, 15) is 4.79 Å². The minimum Gasteiger partial charge on any atom is -0.466 e. The average molecular weight is 265 g/mol. The lowest BCUT2D eigenvalue weighted by molar-refractivity contribution is -0.143. The van der Waals surface area contributed by atoms with Gasteiger partial charge in [-0.3, -0.25) is 9.52 Å². The summed E-state index contributed by atoms with van der Waals surface area (Å²) in [5, 5.41) is 0. The lowest BCUT2D eigenvalue weighted by atomic mass is 10.4. The molecule has 0 aromatic heterocycles. The van der Waals surface area contributed by atoms with Crippen LogP contribution in [0.3, 0.4) is 0 Å². The number of nitrogens with one attached hydrogen (secondary N) is 1. The molecule has 0 radical (unpaired) electrons. The molecule has 0 rings (SSSR count). The van der Waals surface area contributed by atoms with Crippen molar-refractivity contribution in [2.75, 3.05) is 26.0 Å². The molecule has 0 heterocycles. The molecule has 0 atom stereocenters. The van der Waals surface area contributed by atoms with Gasteiger partial charge < -0.3 is 10.5 Å². The van der Waals surface area contributed by atoms with Crippen molar-refractivity contribution in [3.63, 3.8) is 0 Å². The van der Waals surface area contributed by atoms with Gasteiger partial charge in [0, 0.05) is 5.75 Å². The Hall–Kier alpha value is 0.320. The third-order valence-corrected chi connectivity index (χ3v) is 1.86. The predicted molar refractivity (Wildman–Crippen MR) is 65.3 cm³/mol. The Labute approximate surface area is 102 Å². The largest absolute Gasteiger partial charge is 0.466 e. The molecule has 0 aromatic rings. The molecule has 88 valence electrons. The Kier molecular flexibility index (Phi) is 22.3. The molecule has 0 spiro atoms. The Balaban J connectivity index is -0.000000605. The van der Waals surface area contributed by atoms with Gasteiger partial charge in [0.2, 0.25) is 0 Å². The van der Waals surface area contributed by atoms with E-state index in [0.717, 1.165) is 12.2 Å². The number of halogens is 2. The number of hydrogen-bond donors (Lipinski definition) is 2. The van der Waals surface area contributed by atoms with Crippen LogP contribution in [0.4, 0.5) is 0 Å². The van der Waals surface area contributed by atoms with Crippen molar-refractivity contribution >= 4 is 42.7 Å². The molecule has 0 amide bonds. The van der Waals surface area contributed by atoms with Gasteiger partial charge in [-0.2, -0.15) is 0 Å². The normalized spacial score (nSPS) is 8.43. The van der Waals surface area contributed by atoms with Gasteiger partial charge in [0.15, 0.2) is 0 Å². The van der Waals surface area contributed by atoms with Crippen LogP contribution in [0.5, 0.6) is 0 Å². The van der Waals surface area contributed by atoms with E-state index in [0.29, 0.717) is 19.6 Å². The summed E-state index contributed by atoms with van der Waals surface area (Å²) in [6, 6.07) is 0. The number of hydrogen-bond acceptors (Lipinski definition) is 5. The predicted octanol–water partition coefficient (Wildman–Crippen LogP) is 0.980. The topological polar surface area (TPSA) is 64.3 Å². The Morgan fingerprint density at radius 3 is 2.64 bits per heavy atom. The highest BCUT2D eigenvalue weighted by Crippen LogP contribution is 1.97. The van der Waals surface area contributed by atoms with Gasteiger partial charge in [0.05, 0.1) is 13.0 Å². The van der Waals surface area contributed by atoms with Crippen LogP contribution >= 0.6 is 36.8 Å². The second-order valence-corrected chi connectivity index (χ2v) is 3.27. The van der Waals surface area contributed by atoms with E-state index in [-0.39, 0.29) is 30.8 Å². The van der Waals surface area contributed by atoms with Crippen LogP contribution in [0.1, 0.15) is 12.8 Å². The number of nitrogens with two attached hydrogens (primary N) is 1. The van der Waals surface area contributed by atoms with Gasteiger partial charge >= 0.3 is 5.97 Å². The summed E-state index contributed by atoms with van der Waals surface area (Å²) in [6.07, 6.45) is 1.20.